The zero-order chi connectivity index (χ0) is 27.9. The lowest BCUT2D eigenvalue weighted by atomic mass is 10.0. The summed E-state index contributed by atoms with van der Waals surface area (Å²) >= 11 is 1.71. The number of carbonyl (C=O) groups excluding carboxylic acids is 1. The Labute approximate surface area is 240 Å². The molecule has 5 aromatic rings. The van der Waals surface area contributed by atoms with E-state index in [4.69, 9.17) is 14.5 Å². The third-order valence-corrected chi connectivity index (χ3v) is 9.26. The van der Waals surface area contributed by atoms with Crippen molar-refractivity contribution in [2.45, 2.75) is 13.0 Å². The van der Waals surface area contributed by atoms with Gasteiger partial charge in [-0.1, -0.05) is 18.2 Å². The van der Waals surface area contributed by atoms with E-state index >= 15 is 0 Å². The monoisotopic (exact) mass is 569 g/mol. The number of anilines is 2. The van der Waals surface area contributed by atoms with Crippen molar-refractivity contribution >= 4 is 54.6 Å². The summed E-state index contributed by atoms with van der Waals surface area (Å²) in [5.74, 6) is 0.663. The van der Waals surface area contributed by atoms with Gasteiger partial charge >= 0.3 is 0 Å². The normalized spacial score (nSPS) is 17.3. The van der Waals surface area contributed by atoms with Crippen LogP contribution < -0.4 is 15.8 Å². The molecule has 2 fully saturated rings. The Hall–Kier alpha value is -3.83. The Balaban J connectivity index is 1.27. The second kappa shape index (κ2) is 10.9. The van der Waals surface area contributed by atoms with Gasteiger partial charge in [0.25, 0.3) is 5.56 Å². The Bertz CT molecular complexity index is 1820. The van der Waals surface area contributed by atoms with Crippen molar-refractivity contribution in [3.63, 3.8) is 0 Å². The fourth-order valence-electron chi connectivity index (χ4n) is 5.74. The van der Waals surface area contributed by atoms with Gasteiger partial charge in [0, 0.05) is 75.4 Å². The van der Waals surface area contributed by atoms with E-state index in [1.165, 1.54) is 0 Å². The van der Waals surface area contributed by atoms with Gasteiger partial charge in [-0.15, -0.1) is 11.3 Å². The molecule has 210 valence electrons. The van der Waals surface area contributed by atoms with E-state index in [1.54, 1.807) is 28.0 Å². The summed E-state index contributed by atoms with van der Waals surface area (Å²) in [6.07, 6.45) is 1.77. The van der Waals surface area contributed by atoms with Crippen LogP contribution in [0.5, 0.6) is 0 Å². The van der Waals surface area contributed by atoms with E-state index in [1.807, 2.05) is 31.2 Å². The summed E-state index contributed by atoms with van der Waals surface area (Å²) in [4.78, 5) is 35.4. The molecule has 0 spiro atoms. The Morgan fingerprint density at radius 2 is 1.68 bits per heavy atom. The molecule has 2 aliphatic heterocycles. The van der Waals surface area contributed by atoms with Crippen molar-refractivity contribution in [3.05, 3.63) is 71.1 Å². The third-order valence-electron chi connectivity index (χ3n) is 8.04. The van der Waals surface area contributed by atoms with Crippen LogP contribution in [0.2, 0.25) is 0 Å². The Morgan fingerprint density at radius 3 is 2.49 bits per heavy atom. The summed E-state index contributed by atoms with van der Waals surface area (Å²) in [6, 6.07) is 17.7. The Kier molecular flexibility index (Phi) is 6.91. The molecular formula is C31H31N5O4S. The second-order valence-electron chi connectivity index (χ2n) is 10.5. The quantitative estimate of drug-likeness (QED) is 0.339. The summed E-state index contributed by atoms with van der Waals surface area (Å²) in [5, 5.41) is 5.31. The fraction of sp³-hybridized carbons (Fsp3) is 0.323. The largest absolute Gasteiger partial charge is 0.379 e. The molecule has 0 saturated carbocycles. The molecule has 1 N–H and O–H groups in total. The number of ether oxygens (including phenoxy) is 2. The van der Waals surface area contributed by atoms with Crippen LogP contribution in [0.1, 0.15) is 6.92 Å². The number of thiophene rings is 1. The zero-order valence-corrected chi connectivity index (χ0v) is 23.7. The van der Waals surface area contributed by atoms with Crippen LogP contribution >= 0.6 is 11.3 Å². The van der Waals surface area contributed by atoms with Gasteiger partial charge in [-0.05, 0) is 37.3 Å². The lowest BCUT2D eigenvalue weighted by Gasteiger charge is -2.31. The molecule has 2 aromatic carbocycles. The third kappa shape index (κ3) is 4.87. The number of benzene rings is 2. The number of hydrogen-bond donors (Lipinski definition) is 1. The maximum Gasteiger partial charge on any atom is 0.259 e. The average molecular weight is 570 g/mol. The van der Waals surface area contributed by atoms with Gasteiger partial charge in [-0.2, -0.15) is 0 Å². The summed E-state index contributed by atoms with van der Waals surface area (Å²) < 4.78 is 14.8. The first-order chi connectivity index (χ1) is 20.1. The van der Waals surface area contributed by atoms with Gasteiger partial charge in [-0.3, -0.25) is 18.9 Å². The molecule has 10 heteroatoms. The molecule has 2 saturated heterocycles. The topological polar surface area (TPSA) is 88.4 Å². The summed E-state index contributed by atoms with van der Waals surface area (Å²) in [7, 11) is 0. The average Bonchev–Trinajstić information content (AvgIpc) is 3.39. The fourth-order valence-corrected chi connectivity index (χ4v) is 6.95. The highest BCUT2D eigenvalue weighted by Gasteiger charge is 2.24. The number of nitrogens with one attached hydrogen (secondary N) is 1. The first-order valence-corrected chi connectivity index (χ1v) is 14.8. The predicted molar refractivity (Wildman–Crippen MR) is 163 cm³/mol. The number of amides is 1. The number of hydrogen-bond acceptors (Lipinski definition) is 8. The van der Waals surface area contributed by atoms with Crippen LogP contribution in [0, 0.1) is 0 Å². The molecular weight excluding hydrogens is 538 g/mol. The highest BCUT2D eigenvalue weighted by atomic mass is 32.1. The molecule has 3 aromatic heterocycles. The number of aromatic nitrogens is 2. The van der Waals surface area contributed by atoms with Crippen molar-refractivity contribution < 1.29 is 14.3 Å². The molecule has 1 atom stereocenters. The predicted octanol–water partition coefficient (Wildman–Crippen LogP) is 4.23. The highest BCUT2D eigenvalue weighted by molar-refractivity contribution is 7.26. The Morgan fingerprint density at radius 1 is 0.927 bits per heavy atom. The van der Waals surface area contributed by atoms with E-state index < -0.39 is 0 Å². The van der Waals surface area contributed by atoms with Crippen LogP contribution in [0.15, 0.2) is 65.6 Å². The smallest absolute Gasteiger partial charge is 0.259 e. The van der Waals surface area contributed by atoms with Gasteiger partial charge in [0.1, 0.15) is 11.5 Å². The maximum atomic E-state index is 13.1. The van der Waals surface area contributed by atoms with Crippen LogP contribution in [0.3, 0.4) is 0 Å². The van der Waals surface area contributed by atoms with E-state index in [-0.39, 0.29) is 17.5 Å². The standard InChI is InChI=1S/C31H31N5O4S/c1-20(34-10-14-39-15-11-34)31(38)32-21-7-8-26-25(18-21)23-5-2-4-22(29(23)41-26)24-6-3-9-36-28(37)19-27(33-30(24)36)35-12-16-40-17-13-35/h2-9,18-20H,10-17H2,1H3,(H,32,38)/t20-/m1/s1. The summed E-state index contributed by atoms with van der Waals surface area (Å²) in [5.41, 5.74) is 3.25. The number of rotatable bonds is 5. The SMILES string of the molecule is C[C@H](C(=O)Nc1ccc2sc3c(-c4cccn5c(=O)cc(N6CCOCC6)nc45)cccc3c2c1)N1CCOCC1. The molecule has 0 bridgehead atoms. The van der Waals surface area contributed by atoms with Crippen LogP contribution in [0.4, 0.5) is 11.5 Å². The van der Waals surface area contributed by atoms with Gasteiger partial charge in [0.15, 0.2) is 0 Å². The first-order valence-electron chi connectivity index (χ1n) is 14.0. The number of carbonyl (C=O) groups is 1. The van der Waals surface area contributed by atoms with Crippen LogP contribution in [-0.2, 0) is 14.3 Å². The molecule has 7 rings (SSSR count). The van der Waals surface area contributed by atoms with Gasteiger partial charge in [0.2, 0.25) is 5.91 Å². The van der Waals surface area contributed by atoms with Crippen molar-refractivity contribution in [2.75, 3.05) is 62.8 Å². The zero-order valence-electron chi connectivity index (χ0n) is 22.8. The molecule has 41 heavy (non-hydrogen) atoms. The van der Waals surface area contributed by atoms with Gasteiger partial charge < -0.3 is 19.7 Å². The molecule has 1 amide bonds. The molecule has 2 aliphatic rings. The molecule has 0 aliphatic carbocycles. The summed E-state index contributed by atoms with van der Waals surface area (Å²) in [6.45, 7) is 7.44. The molecule has 9 nitrogen and oxygen atoms in total. The highest BCUT2D eigenvalue weighted by Crippen LogP contribution is 2.41. The van der Waals surface area contributed by atoms with Gasteiger partial charge in [-0.25, -0.2) is 4.98 Å². The van der Waals surface area contributed by atoms with E-state index in [9.17, 15) is 9.59 Å². The van der Waals surface area contributed by atoms with Crippen molar-refractivity contribution in [3.8, 4) is 11.1 Å². The first kappa shape index (κ1) is 26.1. The van der Waals surface area contributed by atoms with Gasteiger partial charge in [0.05, 0.1) is 32.5 Å². The number of nitrogens with zero attached hydrogens (tertiary/aromatic N) is 4. The molecule has 5 heterocycles. The van der Waals surface area contributed by atoms with Crippen molar-refractivity contribution in [1.82, 2.24) is 14.3 Å². The minimum absolute atomic E-state index is 0.0187. The minimum Gasteiger partial charge on any atom is -0.379 e. The molecule has 0 unspecified atom stereocenters. The lowest BCUT2D eigenvalue weighted by molar-refractivity contribution is -0.122. The number of fused-ring (bicyclic) bond motifs is 4. The second-order valence-corrected chi connectivity index (χ2v) is 11.5. The van der Waals surface area contributed by atoms with E-state index in [2.05, 4.69) is 39.4 Å². The van der Waals surface area contributed by atoms with Crippen LogP contribution in [-0.4, -0.2) is 78.8 Å². The van der Waals surface area contributed by atoms with E-state index in [0.717, 1.165) is 50.1 Å². The lowest BCUT2D eigenvalue weighted by Crippen LogP contribution is -2.47. The number of pyridine rings is 1. The van der Waals surface area contributed by atoms with Crippen molar-refractivity contribution in [1.29, 1.82) is 0 Å². The minimum atomic E-state index is -0.231. The van der Waals surface area contributed by atoms with E-state index in [0.29, 0.717) is 51.0 Å². The molecule has 0 radical (unpaired) electrons. The number of morpholine rings is 2. The maximum absolute atomic E-state index is 13.1. The van der Waals surface area contributed by atoms with Crippen LogP contribution in [0.25, 0.3) is 36.9 Å². The van der Waals surface area contributed by atoms with Crippen molar-refractivity contribution in [2.24, 2.45) is 0 Å².